The summed E-state index contributed by atoms with van der Waals surface area (Å²) in [6, 6.07) is 2.18. The molecule has 0 radical (unpaired) electrons. The van der Waals surface area contributed by atoms with Gasteiger partial charge >= 0.3 is 0 Å². The first-order valence-corrected chi connectivity index (χ1v) is 7.11. The average molecular weight is 289 g/mol. The van der Waals surface area contributed by atoms with Crippen LogP contribution in [0.4, 0.5) is 8.78 Å². The lowest BCUT2D eigenvalue weighted by atomic mass is 10.2. The number of nitrogens with zero attached hydrogens (tertiary/aromatic N) is 1. The smallest absolute Gasteiger partial charge is 0.142 e. The standard InChI is InChI=1S/C14H19ClF2N2/c15-12-9-13(16)11(8-14(12)17)10-18-4-3-7-19-5-1-2-6-19/h8-9,18H,1-7,10H2. The molecule has 0 atom stereocenters. The molecule has 1 aromatic rings. The molecule has 106 valence electrons. The molecule has 2 rings (SSSR count). The quantitative estimate of drug-likeness (QED) is 0.639. The van der Waals surface area contributed by atoms with Gasteiger partial charge in [0.05, 0.1) is 5.02 Å². The second kappa shape index (κ2) is 7.17. The molecule has 0 aliphatic carbocycles. The van der Waals surface area contributed by atoms with Crippen molar-refractivity contribution in [2.45, 2.75) is 25.8 Å². The van der Waals surface area contributed by atoms with Gasteiger partial charge in [-0.3, -0.25) is 0 Å². The predicted octanol–water partition coefficient (Wildman–Crippen LogP) is 3.19. The Morgan fingerprint density at radius 3 is 2.63 bits per heavy atom. The predicted molar refractivity (Wildman–Crippen MR) is 73.4 cm³/mol. The van der Waals surface area contributed by atoms with E-state index in [2.05, 4.69) is 10.2 Å². The molecule has 1 heterocycles. The molecule has 1 saturated heterocycles. The Bertz CT molecular complexity index is 420. The SMILES string of the molecule is Fc1cc(CNCCCN2CCCC2)c(F)cc1Cl. The van der Waals surface area contributed by atoms with Crippen LogP contribution < -0.4 is 5.32 Å². The van der Waals surface area contributed by atoms with Crippen molar-refractivity contribution in [2.24, 2.45) is 0 Å². The van der Waals surface area contributed by atoms with Crippen LogP contribution >= 0.6 is 11.6 Å². The molecule has 0 saturated carbocycles. The number of halogens is 3. The molecule has 1 fully saturated rings. The molecule has 1 aliphatic rings. The van der Waals surface area contributed by atoms with Crippen molar-refractivity contribution in [3.8, 4) is 0 Å². The molecule has 0 aromatic heterocycles. The van der Waals surface area contributed by atoms with Crippen molar-refractivity contribution >= 4 is 11.6 Å². The molecule has 2 nitrogen and oxygen atoms in total. The van der Waals surface area contributed by atoms with Crippen LogP contribution in [-0.4, -0.2) is 31.1 Å². The maximum atomic E-state index is 13.5. The summed E-state index contributed by atoms with van der Waals surface area (Å²) in [6.07, 6.45) is 3.61. The van der Waals surface area contributed by atoms with Crippen LogP contribution in [0.2, 0.25) is 5.02 Å². The number of likely N-dealkylation sites (tertiary alicyclic amines) is 1. The number of hydrogen-bond acceptors (Lipinski definition) is 2. The number of rotatable bonds is 6. The Morgan fingerprint density at radius 2 is 1.89 bits per heavy atom. The third-order valence-electron chi connectivity index (χ3n) is 3.43. The first-order chi connectivity index (χ1) is 9.16. The minimum absolute atomic E-state index is 0.171. The largest absolute Gasteiger partial charge is 0.313 e. The van der Waals surface area contributed by atoms with Gasteiger partial charge < -0.3 is 10.2 Å². The molecule has 1 aliphatic heterocycles. The van der Waals surface area contributed by atoms with Crippen molar-refractivity contribution in [3.05, 3.63) is 34.4 Å². The molecule has 0 unspecified atom stereocenters. The Labute approximate surface area is 117 Å². The van der Waals surface area contributed by atoms with Crippen molar-refractivity contribution in [2.75, 3.05) is 26.2 Å². The first kappa shape index (κ1) is 14.7. The van der Waals surface area contributed by atoms with Crippen molar-refractivity contribution in [1.82, 2.24) is 10.2 Å². The highest BCUT2D eigenvalue weighted by atomic mass is 35.5. The zero-order valence-corrected chi connectivity index (χ0v) is 11.6. The fourth-order valence-corrected chi connectivity index (χ4v) is 2.51. The third-order valence-corrected chi connectivity index (χ3v) is 3.72. The maximum Gasteiger partial charge on any atom is 0.142 e. The molecule has 19 heavy (non-hydrogen) atoms. The first-order valence-electron chi connectivity index (χ1n) is 6.73. The van der Waals surface area contributed by atoms with E-state index in [-0.39, 0.29) is 5.02 Å². The van der Waals surface area contributed by atoms with Crippen LogP contribution in [-0.2, 0) is 6.54 Å². The Kier molecular flexibility index (Phi) is 5.55. The van der Waals surface area contributed by atoms with E-state index in [1.165, 1.54) is 25.9 Å². The van der Waals surface area contributed by atoms with Crippen molar-refractivity contribution in [1.29, 1.82) is 0 Å². The van der Waals surface area contributed by atoms with Crippen LogP contribution in [0.1, 0.15) is 24.8 Å². The summed E-state index contributed by atoms with van der Waals surface area (Å²) in [4.78, 5) is 2.43. The van der Waals surface area contributed by atoms with Gasteiger partial charge in [0.25, 0.3) is 0 Å². The Balaban J connectivity index is 1.69. The van der Waals surface area contributed by atoms with Crippen molar-refractivity contribution < 1.29 is 8.78 Å². The topological polar surface area (TPSA) is 15.3 Å². The van der Waals surface area contributed by atoms with Gasteiger partial charge in [-0.15, -0.1) is 0 Å². The average Bonchev–Trinajstić information content (AvgIpc) is 2.88. The molecule has 0 amide bonds. The lowest BCUT2D eigenvalue weighted by Crippen LogP contribution is -2.24. The molecular weight excluding hydrogens is 270 g/mol. The van der Waals surface area contributed by atoms with E-state index in [1.54, 1.807) is 0 Å². The molecule has 0 bridgehead atoms. The molecule has 0 spiro atoms. The van der Waals surface area contributed by atoms with Crippen LogP contribution in [0.15, 0.2) is 12.1 Å². The van der Waals surface area contributed by atoms with E-state index in [0.29, 0.717) is 12.1 Å². The monoisotopic (exact) mass is 288 g/mol. The summed E-state index contributed by atoms with van der Waals surface area (Å²) in [5.41, 5.74) is 0.322. The van der Waals surface area contributed by atoms with Crippen LogP contribution in [0.25, 0.3) is 0 Å². The molecular formula is C14H19ClF2N2. The number of nitrogens with one attached hydrogen (secondary N) is 1. The summed E-state index contributed by atoms with van der Waals surface area (Å²) in [6.45, 7) is 4.60. The van der Waals surface area contributed by atoms with Gasteiger partial charge in [-0.05, 0) is 57.6 Å². The summed E-state index contributed by atoms with van der Waals surface area (Å²) < 4.78 is 26.7. The van der Waals surface area contributed by atoms with E-state index in [4.69, 9.17) is 11.6 Å². The third kappa shape index (κ3) is 4.41. The van der Waals surface area contributed by atoms with E-state index >= 15 is 0 Å². The van der Waals surface area contributed by atoms with E-state index in [1.807, 2.05) is 0 Å². The lowest BCUT2D eigenvalue weighted by Gasteiger charge is -2.14. The molecule has 5 heteroatoms. The highest BCUT2D eigenvalue weighted by molar-refractivity contribution is 6.30. The zero-order chi connectivity index (χ0) is 13.7. The highest BCUT2D eigenvalue weighted by Crippen LogP contribution is 2.19. The Hall–Kier alpha value is -0.710. The van der Waals surface area contributed by atoms with Gasteiger partial charge in [0.1, 0.15) is 11.6 Å². The van der Waals surface area contributed by atoms with Crippen LogP contribution in [0.5, 0.6) is 0 Å². The van der Waals surface area contributed by atoms with Crippen LogP contribution in [0.3, 0.4) is 0 Å². The summed E-state index contributed by atoms with van der Waals surface area (Å²) in [5.74, 6) is -1.03. The lowest BCUT2D eigenvalue weighted by molar-refractivity contribution is 0.331. The van der Waals surface area contributed by atoms with Crippen LogP contribution in [0, 0.1) is 11.6 Å². The van der Waals surface area contributed by atoms with Gasteiger partial charge in [0, 0.05) is 12.1 Å². The van der Waals surface area contributed by atoms with Gasteiger partial charge in [-0.2, -0.15) is 0 Å². The fourth-order valence-electron chi connectivity index (χ4n) is 2.36. The second-order valence-electron chi connectivity index (χ2n) is 4.94. The fraction of sp³-hybridized carbons (Fsp3) is 0.571. The second-order valence-corrected chi connectivity index (χ2v) is 5.34. The van der Waals surface area contributed by atoms with Crippen molar-refractivity contribution in [3.63, 3.8) is 0 Å². The number of benzene rings is 1. The van der Waals surface area contributed by atoms with E-state index in [9.17, 15) is 8.78 Å². The Morgan fingerprint density at radius 1 is 1.16 bits per heavy atom. The van der Waals surface area contributed by atoms with Gasteiger partial charge in [-0.1, -0.05) is 11.6 Å². The summed E-state index contributed by atoms with van der Waals surface area (Å²) in [7, 11) is 0. The van der Waals surface area contributed by atoms with Gasteiger partial charge in [0.15, 0.2) is 0 Å². The molecule has 1 N–H and O–H groups in total. The summed E-state index contributed by atoms with van der Waals surface area (Å²) in [5, 5.41) is 2.97. The molecule has 1 aromatic carbocycles. The highest BCUT2D eigenvalue weighted by Gasteiger charge is 2.10. The zero-order valence-electron chi connectivity index (χ0n) is 10.9. The van der Waals surface area contributed by atoms with Gasteiger partial charge in [0.2, 0.25) is 0 Å². The maximum absolute atomic E-state index is 13.5. The van der Waals surface area contributed by atoms with E-state index in [0.717, 1.165) is 31.6 Å². The minimum atomic E-state index is -0.572. The minimum Gasteiger partial charge on any atom is -0.313 e. The normalized spacial score (nSPS) is 16.2. The number of hydrogen-bond donors (Lipinski definition) is 1. The van der Waals surface area contributed by atoms with E-state index < -0.39 is 11.6 Å². The van der Waals surface area contributed by atoms with Gasteiger partial charge in [-0.25, -0.2) is 8.78 Å². The summed E-state index contributed by atoms with van der Waals surface area (Å²) >= 11 is 5.50.